The van der Waals surface area contributed by atoms with Crippen molar-refractivity contribution in [2.45, 2.75) is 77.0 Å². The summed E-state index contributed by atoms with van der Waals surface area (Å²) in [7, 11) is -3.66. The molecule has 2 aromatic rings. The number of rotatable bonds is 12. The molecule has 0 saturated heterocycles. The molecule has 2 aromatic carbocycles. The van der Waals surface area contributed by atoms with E-state index in [0.717, 1.165) is 50.0 Å². The highest BCUT2D eigenvalue weighted by atomic mass is 32.2. The van der Waals surface area contributed by atoms with Crippen LogP contribution in [0.25, 0.3) is 0 Å². The van der Waals surface area contributed by atoms with Crippen LogP contribution < -0.4 is 9.04 Å². The molecular formula is C30H44N2O7S. The van der Waals surface area contributed by atoms with Crippen molar-refractivity contribution in [1.82, 2.24) is 4.90 Å². The maximum absolute atomic E-state index is 13.5. The van der Waals surface area contributed by atoms with Gasteiger partial charge in [-0.05, 0) is 73.2 Å². The Bertz CT molecular complexity index is 1200. The van der Waals surface area contributed by atoms with Crippen molar-refractivity contribution >= 4 is 27.6 Å². The van der Waals surface area contributed by atoms with E-state index in [0.29, 0.717) is 29.5 Å². The minimum atomic E-state index is -3.66. The van der Waals surface area contributed by atoms with Gasteiger partial charge in [-0.25, -0.2) is 8.42 Å². The van der Waals surface area contributed by atoms with Crippen LogP contribution in [0.2, 0.25) is 0 Å². The maximum atomic E-state index is 13.5. The van der Waals surface area contributed by atoms with Crippen molar-refractivity contribution in [3.05, 3.63) is 53.6 Å². The number of hydrogen-bond donors (Lipinski definition) is 2. The summed E-state index contributed by atoms with van der Waals surface area (Å²) in [6.07, 6.45) is 2.57. The molecule has 1 heterocycles. The summed E-state index contributed by atoms with van der Waals surface area (Å²) in [4.78, 5) is 22.1. The molecule has 0 bridgehead atoms. The van der Waals surface area contributed by atoms with Crippen molar-refractivity contribution in [1.29, 1.82) is 0 Å². The number of anilines is 1. The van der Waals surface area contributed by atoms with E-state index in [2.05, 4.69) is 45.6 Å². The van der Waals surface area contributed by atoms with Gasteiger partial charge in [-0.1, -0.05) is 52.8 Å². The van der Waals surface area contributed by atoms with E-state index in [9.17, 15) is 18.0 Å². The zero-order valence-electron chi connectivity index (χ0n) is 24.4. The fourth-order valence-electron chi connectivity index (χ4n) is 4.37. The first-order valence-electron chi connectivity index (χ1n) is 13.8. The third-order valence-electron chi connectivity index (χ3n) is 6.50. The van der Waals surface area contributed by atoms with Gasteiger partial charge in [-0.2, -0.15) is 0 Å². The summed E-state index contributed by atoms with van der Waals surface area (Å²) in [5.74, 6) is -1.52. The van der Waals surface area contributed by atoms with Crippen molar-refractivity contribution in [2.24, 2.45) is 0 Å². The Kier molecular flexibility index (Phi) is 12.4. The molecule has 10 heteroatoms. The predicted molar refractivity (Wildman–Crippen MR) is 157 cm³/mol. The molecule has 0 atom stereocenters. The van der Waals surface area contributed by atoms with Crippen molar-refractivity contribution in [2.75, 3.05) is 37.1 Å². The molecule has 0 spiro atoms. The second-order valence-corrected chi connectivity index (χ2v) is 12.7. The lowest BCUT2D eigenvalue weighted by Crippen LogP contribution is -2.38. The van der Waals surface area contributed by atoms with Gasteiger partial charge in [0.15, 0.2) is 0 Å². The molecule has 40 heavy (non-hydrogen) atoms. The highest BCUT2D eigenvalue weighted by Gasteiger charge is 2.30. The zero-order valence-corrected chi connectivity index (χ0v) is 25.2. The largest absolute Gasteiger partial charge is 0.489 e. The van der Waals surface area contributed by atoms with E-state index in [1.165, 1.54) is 4.31 Å². The molecule has 0 fully saturated rings. The molecular weight excluding hydrogens is 532 g/mol. The molecule has 9 nitrogen and oxygen atoms in total. The topological polar surface area (TPSA) is 124 Å². The van der Waals surface area contributed by atoms with Crippen molar-refractivity contribution in [3.8, 4) is 5.75 Å². The van der Waals surface area contributed by atoms with Crippen LogP contribution in [0.1, 0.15) is 71.4 Å². The quantitative estimate of drug-likeness (QED) is 0.355. The molecule has 222 valence electrons. The Labute approximate surface area is 238 Å². The van der Waals surface area contributed by atoms with Gasteiger partial charge in [0.1, 0.15) is 12.4 Å². The first-order chi connectivity index (χ1) is 18.8. The molecule has 3 rings (SSSR count). The molecule has 1 aliphatic heterocycles. The lowest BCUT2D eigenvalue weighted by atomic mass is 9.87. The number of fused-ring (bicyclic) bond motifs is 1. The number of carboxylic acids is 2. The second-order valence-electron chi connectivity index (χ2n) is 10.9. The van der Waals surface area contributed by atoms with Crippen LogP contribution in [-0.2, 0) is 31.4 Å². The van der Waals surface area contributed by atoms with Crippen LogP contribution in [0.4, 0.5) is 5.69 Å². The van der Waals surface area contributed by atoms with Crippen molar-refractivity contribution in [3.63, 3.8) is 0 Å². The van der Waals surface area contributed by atoms with Gasteiger partial charge in [0.25, 0.3) is 10.0 Å². The van der Waals surface area contributed by atoms with Crippen LogP contribution in [-0.4, -0.2) is 68.3 Å². The Hall–Kier alpha value is -3.11. The lowest BCUT2D eigenvalue weighted by molar-refractivity contribution is -0.143. The van der Waals surface area contributed by atoms with Crippen LogP contribution in [0, 0.1) is 0 Å². The summed E-state index contributed by atoms with van der Waals surface area (Å²) in [6.45, 7) is 14.6. The third-order valence-corrected chi connectivity index (χ3v) is 8.33. The number of ether oxygens (including phenoxy) is 1. The summed E-state index contributed by atoms with van der Waals surface area (Å²) >= 11 is 0. The summed E-state index contributed by atoms with van der Waals surface area (Å²) in [5.41, 5.74) is 2.87. The van der Waals surface area contributed by atoms with E-state index in [1.807, 2.05) is 24.3 Å². The smallest absolute Gasteiger partial charge is 0.303 e. The summed E-state index contributed by atoms with van der Waals surface area (Å²) < 4.78 is 34.3. The van der Waals surface area contributed by atoms with E-state index < -0.39 is 22.0 Å². The lowest BCUT2D eigenvalue weighted by Gasteiger charge is -2.31. The number of hydrogen-bond acceptors (Lipinski definition) is 6. The van der Waals surface area contributed by atoms with Crippen LogP contribution in [0.5, 0.6) is 5.75 Å². The standard InChI is InChI=1S/C26H38N2O3S.C4H6O4/c1-6-15-27(16-7-2)17-14-21-8-13-25-24(20-21)28(18-19-31-25)32(29,30)23-11-9-22(10-12-23)26(3,4)5;5-3(6)1-2-4(7)8/h8-13,20H,6-7,14-19H2,1-5H3;1-2H2,(H,5,6)(H,7,8). The molecule has 0 radical (unpaired) electrons. The second kappa shape index (κ2) is 15.0. The molecule has 0 amide bonds. The minimum absolute atomic E-state index is 0.0216. The fourth-order valence-corrected chi connectivity index (χ4v) is 5.82. The predicted octanol–water partition coefficient (Wildman–Crippen LogP) is 5.17. The highest BCUT2D eigenvalue weighted by Crippen LogP contribution is 2.36. The first-order valence-corrected chi connectivity index (χ1v) is 15.3. The van der Waals surface area contributed by atoms with Gasteiger partial charge in [-0.3, -0.25) is 13.9 Å². The van der Waals surface area contributed by atoms with E-state index in [-0.39, 0.29) is 18.3 Å². The Balaban J connectivity index is 0.000000611. The number of aliphatic carboxylic acids is 2. The van der Waals surface area contributed by atoms with Gasteiger partial charge in [0, 0.05) is 6.54 Å². The molecule has 0 saturated carbocycles. The average Bonchev–Trinajstić information content (AvgIpc) is 2.90. The summed E-state index contributed by atoms with van der Waals surface area (Å²) in [6, 6.07) is 13.2. The Morgan fingerprint density at radius 2 is 1.50 bits per heavy atom. The minimum Gasteiger partial charge on any atom is -0.489 e. The van der Waals surface area contributed by atoms with Gasteiger partial charge in [0.05, 0.1) is 30.0 Å². The summed E-state index contributed by atoms with van der Waals surface area (Å²) in [5, 5.41) is 15.8. The van der Waals surface area contributed by atoms with Gasteiger partial charge in [0.2, 0.25) is 0 Å². The zero-order chi connectivity index (χ0) is 29.9. The number of carboxylic acid groups (broad SMARTS) is 2. The van der Waals surface area contributed by atoms with Gasteiger partial charge >= 0.3 is 11.9 Å². The molecule has 2 N–H and O–H groups in total. The normalized spacial score (nSPS) is 13.2. The van der Waals surface area contributed by atoms with Crippen LogP contribution in [0.3, 0.4) is 0 Å². The van der Waals surface area contributed by atoms with Gasteiger partial charge in [-0.15, -0.1) is 0 Å². The fraction of sp³-hybridized carbons (Fsp3) is 0.533. The number of benzene rings is 2. The van der Waals surface area contributed by atoms with Gasteiger partial charge < -0.3 is 19.8 Å². The molecule has 0 unspecified atom stereocenters. The van der Waals surface area contributed by atoms with Crippen molar-refractivity contribution < 1.29 is 33.0 Å². The van der Waals surface area contributed by atoms with E-state index >= 15 is 0 Å². The van der Waals surface area contributed by atoms with E-state index in [1.54, 1.807) is 12.1 Å². The number of nitrogens with zero attached hydrogens (tertiary/aromatic N) is 2. The first kappa shape index (κ1) is 33.1. The average molecular weight is 577 g/mol. The Morgan fingerprint density at radius 3 is 2.00 bits per heavy atom. The maximum Gasteiger partial charge on any atom is 0.303 e. The number of sulfonamides is 1. The van der Waals surface area contributed by atoms with E-state index in [4.69, 9.17) is 14.9 Å². The molecule has 0 aromatic heterocycles. The monoisotopic (exact) mass is 576 g/mol. The SMILES string of the molecule is CCCN(CCC)CCc1ccc2c(c1)N(S(=O)(=O)c1ccc(C(C)(C)C)cc1)CCO2.O=C(O)CCC(=O)O. The number of carbonyl (C=O) groups is 2. The van der Waals surface area contributed by atoms with Crippen LogP contribution >= 0.6 is 0 Å². The highest BCUT2D eigenvalue weighted by molar-refractivity contribution is 7.92. The molecule has 1 aliphatic rings. The van der Waals surface area contributed by atoms with Crippen LogP contribution in [0.15, 0.2) is 47.4 Å². The third kappa shape index (κ3) is 9.82. The molecule has 0 aliphatic carbocycles. The Morgan fingerprint density at radius 1 is 0.925 bits per heavy atom.